The van der Waals surface area contributed by atoms with Gasteiger partial charge in [-0.25, -0.2) is 4.79 Å². The van der Waals surface area contributed by atoms with E-state index in [-0.39, 0.29) is 18.6 Å². The third-order valence-corrected chi connectivity index (χ3v) is 4.57. The van der Waals surface area contributed by atoms with Crippen LogP contribution < -0.4 is 16.6 Å². The number of aryl methyl sites for hydroxylation is 2. The van der Waals surface area contributed by atoms with Crippen molar-refractivity contribution in [2.75, 3.05) is 11.9 Å². The minimum Gasteiger partial charge on any atom is -0.392 e. The van der Waals surface area contributed by atoms with Crippen molar-refractivity contribution in [1.29, 1.82) is 0 Å². The molecule has 8 nitrogen and oxygen atoms in total. The van der Waals surface area contributed by atoms with Gasteiger partial charge in [0.05, 0.1) is 12.6 Å². The molecule has 0 aliphatic carbocycles. The highest BCUT2D eigenvalue weighted by Gasteiger charge is 2.20. The van der Waals surface area contributed by atoms with E-state index in [0.717, 1.165) is 11.1 Å². The monoisotopic (exact) mass is 371 g/mol. The minimum atomic E-state index is -0.575. The maximum atomic E-state index is 13.0. The van der Waals surface area contributed by atoms with Crippen molar-refractivity contribution in [3.05, 3.63) is 56.2 Å². The number of nitrogens with one attached hydrogen (secondary N) is 1. The molecule has 0 saturated heterocycles. The van der Waals surface area contributed by atoms with E-state index in [4.69, 9.17) is 0 Å². The van der Waals surface area contributed by atoms with E-state index in [1.165, 1.54) is 9.13 Å². The molecule has 0 amide bonds. The van der Waals surface area contributed by atoms with Crippen molar-refractivity contribution in [3.63, 3.8) is 0 Å². The third-order valence-electron chi connectivity index (χ3n) is 4.57. The highest BCUT2D eigenvalue weighted by Crippen LogP contribution is 2.18. The van der Waals surface area contributed by atoms with Crippen molar-refractivity contribution in [3.8, 4) is 0 Å². The first-order chi connectivity index (χ1) is 12.8. The van der Waals surface area contributed by atoms with Crippen LogP contribution >= 0.6 is 0 Å². The topological polar surface area (TPSA) is 94.1 Å². The summed E-state index contributed by atoms with van der Waals surface area (Å²) in [5, 5.41) is 12.7. The molecule has 3 rings (SSSR count). The van der Waals surface area contributed by atoms with E-state index >= 15 is 0 Å². The van der Waals surface area contributed by atoms with E-state index in [0.29, 0.717) is 23.7 Å². The lowest BCUT2D eigenvalue weighted by molar-refractivity contribution is 0.208. The van der Waals surface area contributed by atoms with Crippen molar-refractivity contribution >= 4 is 17.1 Å². The Labute approximate surface area is 156 Å². The van der Waals surface area contributed by atoms with E-state index in [1.807, 2.05) is 31.2 Å². The van der Waals surface area contributed by atoms with Crippen LogP contribution in [0, 0.1) is 6.92 Å². The van der Waals surface area contributed by atoms with Gasteiger partial charge in [-0.1, -0.05) is 29.8 Å². The van der Waals surface area contributed by atoms with Crippen LogP contribution in [-0.4, -0.2) is 36.4 Å². The van der Waals surface area contributed by atoms with Crippen LogP contribution in [0.25, 0.3) is 11.2 Å². The number of aliphatic hydroxyl groups excluding tert-OH is 1. The van der Waals surface area contributed by atoms with Gasteiger partial charge in [-0.2, -0.15) is 4.98 Å². The minimum absolute atomic E-state index is 0.285. The van der Waals surface area contributed by atoms with Crippen molar-refractivity contribution < 1.29 is 5.11 Å². The summed E-state index contributed by atoms with van der Waals surface area (Å²) in [6, 6.07) is 8.02. The maximum Gasteiger partial charge on any atom is 0.332 e. The molecule has 2 heterocycles. The first-order valence-corrected chi connectivity index (χ1v) is 9.01. The number of fused-ring (bicyclic) bond motifs is 1. The van der Waals surface area contributed by atoms with Gasteiger partial charge in [-0.3, -0.25) is 18.5 Å². The zero-order valence-corrected chi connectivity index (χ0v) is 16.1. The number of aliphatic hydroxyl groups is 1. The molecule has 0 saturated carbocycles. The van der Waals surface area contributed by atoms with Gasteiger partial charge in [0, 0.05) is 20.1 Å². The van der Waals surface area contributed by atoms with Gasteiger partial charge >= 0.3 is 5.69 Å². The number of nitrogens with zero attached hydrogens (tertiary/aromatic N) is 4. The first-order valence-electron chi connectivity index (χ1n) is 9.01. The predicted octanol–water partition coefficient (Wildman–Crippen LogP) is 1.07. The zero-order valence-electron chi connectivity index (χ0n) is 16.1. The Kier molecular flexibility index (Phi) is 5.18. The molecule has 0 radical (unpaired) electrons. The Hall–Kier alpha value is -2.87. The molecule has 8 heteroatoms. The highest BCUT2D eigenvalue weighted by atomic mass is 16.3. The number of aromatic nitrogens is 4. The molecular weight excluding hydrogens is 346 g/mol. The predicted molar refractivity (Wildman–Crippen MR) is 105 cm³/mol. The normalized spacial score (nSPS) is 12.5. The Morgan fingerprint density at radius 2 is 1.85 bits per heavy atom. The lowest BCUT2D eigenvalue weighted by Gasteiger charge is -2.12. The molecule has 144 valence electrons. The molecule has 0 aliphatic heterocycles. The summed E-state index contributed by atoms with van der Waals surface area (Å²) in [6.07, 6.45) is -0.575. The van der Waals surface area contributed by atoms with Gasteiger partial charge in [0.2, 0.25) is 5.95 Å². The Morgan fingerprint density at radius 3 is 2.44 bits per heavy atom. The molecule has 2 N–H and O–H groups in total. The Bertz CT molecular complexity index is 1070. The first kappa shape index (κ1) is 18.9. The molecule has 0 fully saturated rings. The van der Waals surface area contributed by atoms with Crippen molar-refractivity contribution in [2.45, 2.75) is 40.0 Å². The van der Waals surface area contributed by atoms with E-state index in [1.54, 1.807) is 25.5 Å². The van der Waals surface area contributed by atoms with E-state index in [9.17, 15) is 14.7 Å². The number of benzene rings is 1. The van der Waals surface area contributed by atoms with Gasteiger partial charge in [0.1, 0.15) is 0 Å². The molecule has 1 aromatic carbocycles. The summed E-state index contributed by atoms with van der Waals surface area (Å²) >= 11 is 0. The summed E-state index contributed by atoms with van der Waals surface area (Å²) in [4.78, 5) is 29.9. The van der Waals surface area contributed by atoms with Crippen LogP contribution in [0.2, 0.25) is 0 Å². The van der Waals surface area contributed by atoms with Crippen LogP contribution in [0.1, 0.15) is 25.0 Å². The van der Waals surface area contributed by atoms with Crippen molar-refractivity contribution in [2.24, 2.45) is 7.05 Å². The largest absolute Gasteiger partial charge is 0.392 e. The van der Waals surface area contributed by atoms with Gasteiger partial charge in [0.15, 0.2) is 11.2 Å². The highest BCUT2D eigenvalue weighted by molar-refractivity contribution is 5.74. The number of imidazole rings is 1. The Balaban J connectivity index is 2.24. The number of hydrogen-bond donors (Lipinski definition) is 2. The van der Waals surface area contributed by atoms with Gasteiger partial charge < -0.3 is 10.4 Å². The fourth-order valence-electron chi connectivity index (χ4n) is 3.05. The summed E-state index contributed by atoms with van der Waals surface area (Å²) in [5.41, 5.74) is 2.11. The summed E-state index contributed by atoms with van der Waals surface area (Å²) in [5.74, 6) is 0.451. The van der Waals surface area contributed by atoms with Gasteiger partial charge in [0.25, 0.3) is 5.56 Å². The number of rotatable bonds is 6. The third kappa shape index (κ3) is 3.52. The molecule has 0 aliphatic rings. The molecule has 2 aromatic heterocycles. The van der Waals surface area contributed by atoms with Crippen LogP contribution in [0.3, 0.4) is 0 Å². The van der Waals surface area contributed by atoms with E-state index < -0.39 is 11.8 Å². The molecule has 3 aromatic rings. The lowest BCUT2D eigenvalue weighted by atomic mass is 10.1. The number of hydrogen-bond acceptors (Lipinski definition) is 5. The van der Waals surface area contributed by atoms with Crippen LogP contribution in [0.15, 0.2) is 33.9 Å². The maximum absolute atomic E-state index is 13.0. The fourth-order valence-corrected chi connectivity index (χ4v) is 3.05. The molecule has 27 heavy (non-hydrogen) atoms. The number of anilines is 1. The summed E-state index contributed by atoms with van der Waals surface area (Å²) in [7, 11) is 1.61. The second-order valence-corrected chi connectivity index (χ2v) is 6.80. The fraction of sp³-hybridized carbons (Fsp3) is 0.421. The van der Waals surface area contributed by atoms with Gasteiger partial charge in [-0.05, 0) is 26.3 Å². The smallest absolute Gasteiger partial charge is 0.332 e. The zero-order chi connectivity index (χ0) is 19.7. The average Bonchev–Trinajstić information content (AvgIpc) is 2.99. The van der Waals surface area contributed by atoms with Crippen LogP contribution in [-0.2, 0) is 20.1 Å². The quantitative estimate of drug-likeness (QED) is 0.676. The molecule has 1 unspecified atom stereocenters. The second-order valence-electron chi connectivity index (χ2n) is 6.80. The Morgan fingerprint density at radius 1 is 1.19 bits per heavy atom. The van der Waals surface area contributed by atoms with Crippen LogP contribution in [0.4, 0.5) is 5.95 Å². The molecule has 0 spiro atoms. The summed E-state index contributed by atoms with van der Waals surface area (Å²) in [6.45, 7) is 6.44. The average molecular weight is 371 g/mol. The molecule has 1 atom stereocenters. The summed E-state index contributed by atoms with van der Waals surface area (Å²) < 4.78 is 4.36. The SMILES string of the molecule is CCn1c(=O)c2c(nc(NCC(C)O)n2Cc2ccc(C)cc2)n(C)c1=O. The van der Waals surface area contributed by atoms with Crippen molar-refractivity contribution in [1.82, 2.24) is 18.7 Å². The molecule has 0 bridgehead atoms. The lowest BCUT2D eigenvalue weighted by Crippen LogP contribution is -2.39. The second kappa shape index (κ2) is 7.40. The van der Waals surface area contributed by atoms with Crippen LogP contribution in [0.5, 0.6) is 0 Å². The standard InChI is InChI=1S/C19H25N5O3/c1-5-23-17(26)15-16(22(4)19(23)27)21-18(20-10-13(3)25)24(15)11-14-8-6-12(2)7-9-14/h6-9,13,25H,5,10-11H2,1-4H3,(H,20,21). The molecular formula is C19H25N5O3. The van der Waals surface area contributed by atoms with E-state index in [2.05, 4.69) is 10.3 Å². The van der Waals surface area contributed by atoms with Gasteiger partial charge in [-0.15, -0.1) is 0 Å².